The quantitative estimate of drug-likeness (QED) is 0.456. The number of nitrogens with one attached hydrogen (secondary N) is 1. The van der Waals surface area contributed by atoms with E-state index in [1.165, 1.54) is 5.69 Å². The molecule has 5 aromatic rings. The summed E-state index contributed by atoms with van der Waals surface area (Å²) in [4.78, 5) is 34.5. The largest absolute Gasteiger partial charge is 0.368 e. The molecule has 1 N–H and O–H groups in total. The average Bonchev–Trinajstić information content (AvgIpc) is 3.33. The zero-order valence-corrected chi connectivity index (χ0v) is 18.4. The van der Waals surface area contributed by atoms with E-state index in [4.69, 9.17) is 0 Å². The number of carbonyl (C=O) groups excluding carboxylic acids is 1. The van der Waals surface area contributed by atoms with Crippen molar-refractivity contribution >= 4 is 28.1 Å². The maximum atomic E-state index is 13.3. The number of fused-ring (bicyclic) bond motifs is 3. The minimum Gasteiger partial charge on any atom is -0.368 e. The van der Waals surface area contributed by atoms with Crippen LogP contribution in [0.3, 0.4) is 0 Å². The van der Waals surface area contributed by atoms with Crippen molar-refractivity contribution in [1.82, 2.24) is 24.7 Å². The lowest BCUT2D eigenvalue weighted by Gasteiger charge is -2.36. The van der Waals surface area contributed by atoms with Crippen molar-refractivity contribution in [3.05, 3.63) is 94.8 Å². The molecule has 1 aliphatic heterocycles. The van der Waals surface area contributed by atoms with Gasteiger partial charge in [0.05, 0.1) is 10.9 Å². The highest BCUT2D eigenvalue weighted by Gasteiger charge is 2.23. The molecule has 0 atom stereocenters. The summed E-state index contributed by atoms with van der Waals surface area (Å²) < 4.78 is 1.67. The minimum atomic E-state index is -0.343. The second-order valence-corrected chi connectivity index (χ2v) is 8.35. The summed E-state index contributed by atoms with van der Waals surface area (Å²) in [6, 6.07) is 24.9. The molecule has 1 amide bonds. The lowest BCUT2D eigenvalue weighted by molar-refractivity contribution is 0.0747. The van der Waals surface area contributed by atoms with Gasteiger partial charge < -0.3 is 9.80 Å². The normalized spacial score (nSPS) is 14.1. The molecule has 0 radical (unpaired) electrons. The fraction of sp³-hybridized carbons (Fsp3) is 0.154. The summed E-state index contributed by atoms with van der Waals surface area (Å²) in [6.45, 7) is 2.83. The average molecular weight is 451 g/mol. The highest BCUT2D eigenvalue weighted by atomic mass is 16.2. The Balaban J connectivity index is 1.33. The first kappa shape index (κ1) is 20.2. The highest BCUT2D eigenvalue weighted by Crippen LogP contribution is 2.23. The third-order valence-corrected chi connectivity index (χ3v) is 6.34. The number of hydrogen-bond acceptors (Lipinski definition) is 5. The van der Waals surface area contributed by atoms with Crippen LogP contribution in [0.4, 0.5) is 5.69 Å². The summed E-state index contributed by atoms with van der Waals surface area (Å²) in [5, 5.41) is 7.79. The monoisotopic (exact) mass is 450 g/mol. The van der Waals surface area contributed by atoms with Gasteiger partial charge in [0.15, 0.2) is 5.65 Å². The van der Waals surface area contributed by atoms with Crippen molar-refractivity contribution in [2.24, 2.45) is 0 Å². The van der Waals surface area contributed by atoms with Crippen LogP contribution in [0.15, 0.2) is 83.7 Å². The number of aromatic amines is 1. The molecule has 6 rings (SSSR count). The van der Waals surface area contributed by atoms with Gasteiger partial charge in [0, 0.05) is 43.0 Å². The zero-order chi connectivity index (χ0) is 23.1. The number of benzene rings is 3. The van der Waals surface area contributed by atoms with Crippen molar-refractivity contribution in [1.29, 1.82) is 0 Å². The van der Waals surface area contributed by atoms with Gasteiger partial charge >= 0.3 is 0 Å². The van der Waals surface area contributed by atoms with Crippen LogP contribution in [0.2, 0.25) is 0 Å². The molecule has 2 aromatic heterocycles. The molecule has 3 heterocycles. The molecule has 3 aromatic carbocycles. The number of hydrogen-bond donors (Lipinski definition) is 1. The predicted octanol–water partition coefficient (Wildman–Crippen LogP) is 3.20. The van der Waals surface area contributed by atoms with E-state index < -0.39 is 0 Å². The van der Waals surface area contributed by atoms with Gasteiger partial charge in [-0.25, -0.2) is 9.73 Å². The summed E-state index contributed by atoms with van der Waals surface area (Å²) in [6.07, 6.45) is 0. The van der Waals surface area contributed by atoms with Crippen LogP contribution in [0.25, 0.3) is 27.8 Å². The lowest BCUT2D eigenvalue weighted by atomic mass is 10.1. The molecule has 0 aliphatic carbocycles. The van der Waals surface area contributed by atoms with E-state index in [1.807, 2.05) is 53.4 Å². The van der Waals surface area contributed by atoms with Gasteiger partial charge in [-0.2, -0.15) is 10.1 Å². The van der Waals surface area contributed by atoms with Crippen molar-refractivity contribution in [2.75, 3.05) is 31.1 Å². The molecule has 0 spiro atoms. The number of nitrogens with zero attached hydrogens (tertiary/aromatic N) is 5. The Labute approximate surface area is 195 Å². The van der Waals surface area contributed by atoms with E-state index in [1.54, 1.807) is 22.7 Å². The predicted molar refractivity (Wildman–Crippen MR) is 131 cm³/mol. The molecule has 0 bridgehead atoms. The van der Waals surface area contributed by atoms with Crippen LogP contribution >= 0.6 is 0 Å². The van der Waals surface area contributed by atoms with Crippen LogP contribution in [-0.2, 0) is 0 Å². The Kier molecular flexibility index (Phi) is 4.83. The molecule has 1 aliphatic rings. The number of aromatic nitrogens is 4. The first-order chi connectivity index (χ1) is 16.7. The number of rotatable bonds is 3. The maximum absolute atomic E-state index is 13.3. The standard InChI is InChI=1S/C26H22N6O2/c33-25-21-12-11-19(26(34)31-15-13-30(14-16-31)20-9-5-2-6-10-20)17-22(21)32-24(27-25)23(28-29-32)18-7-3-1-4-8-18/h1-12,17,29H,13-16H2. The Morgan fingerprint density at radius 2 is 1.56 bits per heavy atom. The number of H-pyrrole nitrogens is 1. The third-order valence-electron chi connectivity index (χ3n) is 6.34. The SMILES string of the molecule is O=C(c1ccc2c(=O)nc3c(-c4ccccc4)n[nH]n3c2c1)N1CCN(c2ccccc2)CC1. The van der Waals surface area contributed by atoms with Crippen molar-refractivity contribution in [3.8, 4) is 11.3 Å². The molecule has 168 valence electrons. The molecular formula is C26H22N6O2. The fourth-order valence-electron chi connectivity index (χ4n) is 4.54. The zero-order valence-electron chi connectivity index (χ0n) is 18.4. The van der Waals surface area contributed by atoms with E-state index in [0.29, 0.717) is 40.9 Å². The van der Waals surface area contributed by atoms with Gasteiger partial charge in [-0.3, -0.25) is 9.59 Å². The minimum absolute atomic E-state index is 0.0459. The molecular weight excluding hydrogens is 428 g/mol. The molecule has 34 heavy (non-hydrogen) atoms. The summed E-state index contributed by atoms with van der Waals surface area (Å²) in [5.41, 5.74) is 3.83. The van der Waals surface area contributed by atoms with Gasteiger partial charge in [0.25, 0.3) is 11.5 Å². The van der Waals surface area contributed by atoms with Crippen LogP contribution in [0.5, 0.6) is 0 Å². The second kappa shape index (κ2) is 8.15. The molecule has 0 saturated carbocycles. The second-order valence-electron chi connectivity index (χ2n) is 8.35. The lowest BCUT2D eigenvalue weighted by Crippen LogP contribution is -2.48. The third kappa shape index (κ3) is 3.40. The number of amides is 1. The molecule has 1 fully saturated rings. The summed E-state index contributed by atoms with van der Waals surface area (Å²) >= 11 is 0. The topological polar surface area (TPSA) is 86.6 Å². The van der Waals surface area contributed by atoms with E-state index in [0.717, 1.165) is 18.7 Å². The van der Waals surface area contributed by atoms with Gasteiger partial charge in [0.1, 0.15) is 5.69 Å². The number of carbonyl (C=O) groups is 1. The van der Waals surface area contributed by atoms with Crippen molar-refractivity contribution in [3.63, 3.8) is 0 Å². The van der Waals surface area contributed by atoms with Gasteiger partial charge in [0.2, 0.25) is 0 Å². The van der Waals surface area contributed by atoms with E-state index in [-0.39, 0.29) is 11.5 Å². The Morgan fingerprint density at radius 3 is 2.29 bits per heavy atom. The summed E-state index contributed by atoms with van der Waals surface area (Å²) in [5.74, 6) is -0.0459. The van der Waals surface area contributed by atoms with Gasteiger partial charge in [-0.15, -0.1) is 0 Å². The molecule has 8 heteroatoms. The van der Waals surface area contributed by atoms with Crippen LogP contribution in [0, 0.1) is 0 Å². The number of para-hydroxylation sites is 1. The number of piperazine rings is 1. The number of anilines is 1. The highest BCUT2D eigenvalue weighted by molar-refractivity contribution is 5.98. The fourth-order valence-corrected chi connectivity index (χ4v) is 4.54. The van der Waals surface area contributed by atoms with Gasteiger partial charge in [-0.1, -0.05) is 48.5 Å². The van der Waals surface area contributed by atoms with E-state index in [2.05, 4.69) is 32.3 Å². The van der Waals surface area contributed by atoms with E-state index >= 15 is 0 Å². The Morgan fingerprint density at radius 1 is 0.853 bits per heavy atom. The van der Waals surface area contributed by atoms with Crippen molar-refractivity contribution < 1.29 is 4.79 Å². The smallest absolute Gasteiger partial charge is 0.281 e. The van der Waals surface area contributed by atoms with Crippen LogP contribution < -0.4 is 10.5 Å². The Bertz CT molecular complexity index is 1550. The maximum Gasteiger partial charge on any atom is 0.281 e. The first-order valence-electron chi connectivity index (χ1n) is 11.2. The Hall–Kier alpha value is -4.46. The molecule has 1 saturated heterocycles. The van der Waals surface area contributed by atoms with Gasteiger partial charge in [-0.05, 0) is 30.3 Å². The molecule has 0 unspecified atom stereocenters. The van der Waals surface area contributed by atoms with Crippen LogP contribution in [0.1, 0.15) is 10.4 Å². The van der Waals surface area contributed by atoms with E-state index in [9.17, 15) is 9.59 Å². The summed E-state index contributed by atoms with van der Waals surface area (Å²) in [7, 11) is 0. The van der Waals surface area contributed by atoms with Crippen molar-refractivity contribution in [2.45, 2.75) is 0 Å². The first-order valence-corrected chi connectivity index (χ1v) is 11.2. The molecule has 8 nitrogen and oxygen atoms in total. The van der Waals surface area contributed by atoms with Crippen LogP contribution in [-0.4, -0.2) is 56.8 Å².